The summed E-state index contributed by atoms with van der Waals surface area (Å²) in [6.07, 6.45) is 1.46. The molecule has 0 fully saturated rings. The average Bonchev–Trinajstić information content (AvgIpc) is 2.72. The molecule has 0 bridgehead atoms. The minimum absolute atomic E-state index is 0.0366. The molecule has 0 saturated heterocycles. The summed E-state index contributed by atoms with van der Waals surface area (Å²) in [7, 11) is 0. The van der Waals surface area contributed by atoms with Gasteiger partial charge < -0.3 is 10.1 Å². The van der Waals surface area contributed by atoms with Gasteiger partial charge in [-0.2, -0.15) is 5.26 Å². The van der Waals surface area contributed by atoms with Gasteiger partial charge in [0.2, 0.25) is 0 Å². The number of aryl methyl sites for hydroxylation is 1. The molecule has 3 aromatic carbocycles. The highest BCUT2D eigenvalue weighted by Gasteiger charge is 2.12. The molecule has 0 atom stereocenters. The van der Waals surface area contributed by atoms with Gasteiger partial charge in [-0.15, -0.1) is 0 Å². The zero-order chi connectivity index (χ0) is 20.6. The number of benzene rings is 3. The monoisotopic (exact) mass is 386 g/mol. The Morgan fingerprint density at radius 2 is 1.86 bits per heavy atom. The van der Waals surface area contributed by atoms with Crippen molar-refractivity contribution in [1.29, 1.82) is 5.26 Å². The van der Waals surface area contributed by atoms with Gasteiger partial charge in [-0.3, -0.25) is 4.79 Å². The largest absolute Gasteiger partial charge is 0.488 e. The van der Waals surface area contributed by atoms with E-state index in [0.29, 0.717) is 22.6 Å². The van der Waals surface area contributed by atoms with Crippen molar-refractivity contribution in [2.45, 2.75) is 13.5 Å². The number of amides is 1. The summed E-state index contributed by atoms with van der Waals surface area (Å²) in [4.78, 5) is 12.5. The van der Waals surface area contributed by atoms with Gasteiger partial charge in [0.25, 0.3) is 5.91 Å². The van der Waals surface area contributed by atoms with Crippen molar-refractivity contribution in [3.05, 3.63) is 101 Å². The molecular weight excluding hydrogens is 367 g/mol. The number of nitrogens with one attached hydrogen (secondary N) is 1. The Labute approximate surface area is 168 Å². The molecule has 0 aromatic heterocycles. The van der Waals surface area contributed by atoms with Crippen LogP contribution in [0, 0.1) is 24.1 Å². The second-order valence-corrected chi connectivity index (χ2v) is 6.41. The molecule has 144 valence electrons. The quantitative estimate of drug-likeness (QED) is 0.464. The van der Waals surface area contributed by atoms with Crippen LogP contribution >= 0.6 is 0 Å². The lowest BCUT2D eigenvalue weighted by atomic mass is 10.1. The Bertz CT molecular complexity index is 1100. The first kappa shape index (κ1) is 19.8. The highest BCUT2D eigenvalue weighted by molar-refractivity contribution is 6.09. The SMILES string of the molecule is Cc1cccc(NC(=O)C(C#N)=Cc2ccccc2OCc2ccccc2F)c1. The summed E-state index contributed by atoms with van der Waals surface area (Å²) in [6, 6.07) is 22.6. The maximum Gasteiger partial charge on any atom is 0.266 e. The maximum absolute atomic E-state index is 13.8. The van der Waals surface area contributed by atoms with Gasteiger partial charge in [-0.1, -0.05) is 48.5 Å². The fourth-order valence-electron chi connectivity index (χ4n) is 2.73. The van der Waals surface area contributed by atoms with E-state index in [9.17, 15) is 14.4 Å². The number of hydrogen-bond acceptors (Lipinski definition) is 3. The van der Waals surface area contributed by atoms with E-state index in [1.54, 1.807) is 48.5 Å². The van der Waals surface area contributed by atoms with Gasteiger partial charge in [0.15, 0.2) is 0 Å². The molecule has 0 aliphatic carbocycles. The van der Waals surface area contributed by atoms with Crippen molar-refractivity contribution in [2.24, 2.45) is 0 Å². The number of carbonyl (C=O) groups is 1. The molecule has 0 radical (unpaired) electrons. The fourth-order valence-corrected chi connectivity index (χ4v) is 2.73. The van der Waals surface area contributed by atoms with Gasteiger partial charge in [-0.25, -0.2) is 4.39 Å². The lowest BCUT2D eigenvalue weighted by molar-refractivity contribution is -0.112. The molecule has 0 aliphatic rings. The lowest BCUT2D eigenvalue weighted by Crippen LogP contribution is -2.13. The van der Waals surface area contributed by atoms with E-state index in [4.69, 9.17) is 4.74 Å². The highest BCUT2D eigenvalue weighted by atomic mass is 19.1. The van der Waals surface area contributed by atoms with Crippen molar-refractivity contribution >= 4 is 17.7 Å². The molecule has 5 heteroatoms. The molecule has 0 spiro atoms. The number of ether oxygens (including phenoxy) is 1. The smallest absolute Gasteiger partial charge is 0.266 e. The van der Waals surface area contributed by atoms with E-state index in [1.165, 1.54) is 12.1 Å². The summed E-state index contributed by atoms with van der Waals surface area (Å²) in [5, 5.41) is 12.2. The van der Waals surface area contributed by atoms with Crippen LogP contribution in [0.5, 0.6) is 5.75 Å². The standard InChI is InChI=1S/C24H19FN2O2/c1-17-7-6-10-21(13-17)27-24(28)20(15-26)14-18-8-3-5-12-23(18)29-16-19-9-2-4-11-22(19)25/h2-14H,16H2,1H3,(H,27,28). The summed E-state index contributed by atoms with van der Waals surface area (Å²) in [6.45, 7) is 1.95. The molecule has 0 heterocycles. The Hall–Kier alpha value is -3.91. The van der Waals surface area contributed by atoms with Crippen molar-refractivity contribution in [2.75, 3.05) is 5.32 Å². The highest BCUT2D eigenvalue weighted by Crippen LogP contribution is 2.23. The molecular formula is C24H19FN2O2. The van der Waals surface area contributed by atoms with Gasteiger partial charge in [-0.05, 0) is 42.8 Å². The van der Waals surface area contributed by atoms with Gasteiger partial charge >= 0.3 is 0 Å². The number of anilines is 1. The van der Waals surface area contributed by atoms with Crippen LogP contribution in [-0.4, -0.2) is 5.91 Å². The third kappa shape index (κ3) is 5.30. The zero-order valence-corrected chi connectivity index (χ0v) is 15.9. The van der Waals surface area contributed by atoms with E-state index < -0.39 is 5.91 Å². The topological polar surface area (TPSA) is 62.1 Å². The normalized spacial score (nSPS) is 10.9. The molecule has 1 N–H and O–H groups in total. The Morgan fingerprint density at radius 1 is 1.10 bits per heavy atom. The van der Waals surface area contributed by atoms with Crippen LogP contribution in [0.2, 0.25) is 0 Å². The number of nitriles is 1. The van der Waals surface area contributed by atoms with Crippen molar-refractivity contribution in [1.82, 2.24) is 0 Å². The first-order valence-corrected chi connectivity index (χ1v) is 9.02. The van der Waals surface area contributed by atoms with Crippen LogP contribution in [0.15, 0.2) is 78.4 Å². The lowest BCUT2D eigenvalue weighted by Gasteiger charge is -2.10. The Balaban J connectivity index is 1.80. The first-order chi connectivity index (χ1) is 14.1. The number of rotatable bonds is 6. The van der Waals surface area contributed by atoms with Gasteiger partial charge in [0.05, 0.1) is 0 Å². The van der Waals surface area contributed by atoms with Crippen molar-refractivity contribution in [3.8, 4) is 11.8 Å². The van der Waals surface area contributed by atoms with E-state index in [2.05, 4.69) is 5.32 Å². The summed E-state index contributed by atoms with van der Waals surface area (Å²) in [5.41, 5.74) is 2.52. The van der Waals surface area contributed by atoms with Crippen LogP contribution in [0.4, 0.5) is 10.1 Å². The van der Waals surface area contributed by atoms with E-state index in [0.717, 1.165) is 5.56 Å². The molecule has 29 heavy (non-hydrogen) atoms. The van der Waals surface area contributed by atoms with Crippen molar-refractivity contribution < 1.29 is 13.9 Å². The Morgan fingerprint density at radius 3 is 2.62 bits per heavy atom. The number of carbonyl (C=O) groups excluding carboxylic acids is 1. The minimum atomic E-state index is -0.512. The number of halogens is 1. The van der Waals surface area contributed by atoms with Crippen LogP contribution in [0.3, 0.4) is 0 Å². The molecule has 3 aromatic rings. The summed E-state index contributed by atoms with van der Waals surface area (Å²) >= 11 is 0. The van der Waals surface area contributed by atoms with E-state index in [1.807, 2.05) is 31.2 Å². The second-order valence-electron chi connectivity index (χ2n) is 6.41. The predicted octanol–water partition coefficient (Wildman–Crippen LogP) is 5.26. The average molecular weight is 386 g/mol. The number of nitrogens with zero attached hydrogens (tertiary/aromatic N) is 1. The maximum atomic E-state index is 13.8. The zero-order valence-electron chi connectivity index (χ0n) is 15.9. The second kappa shape index (κ2) is 9.34. The predicted molar refractivity (Wildman–Crippen MR) is 111 cm³/mol. The van der Waals surface area contributed by atoms with E-state index in [-0.39, 0.29) is 18.0 Å². The summed E-state index contributed by atoms with van der Waals surface area (Å²) < 4.78 is 19.5. The number of para-hydroxylation sites is 1. The third-order valence-electron chi connectivity index (χ3n) is 4.20. The third-order valence-corrected chi connectivity index (χ3v) is 4.20. The minimum Gasteiger partial charge on any atom is -0.488 e. The van der Waals surface area contributed by atoms with Gasteiger partial charge in [0, 0.05) is 16.8 Å². The van der Waals surface area contributed by atoms with E-state index >= 15 is 0 Å². The molecule has 4 nitrogen and oxygen atoms in total. The fraction of sp³-hybridized carbons (Fsp3) is 0.0833. The molecule has 0 saturated carbocycles. The Kier molecular flexibility index (Phi) is 6.39. The molecule has 0 unspecified atom stereocenters. The van der Waals surface area contributed by atoms with Crippen LogP contribution in [-0.2, 0) is 11.4 Å². The van der Waals surface area contributed by atoms with Gasteiger partial charge in [0.1, 0.15) is 29.8 Å². The number of hydrogen-bond donors (Lipinski definition) is 1. The molecule has 0 aliphatic heterocycles. The molecule has 1 amide bonds. The van der Waals surface area contributed by atoms with Crippen LogP contribution in [0.25, 0.3) is 6.08 Å². The summed E-state index contributed by atoms with van der Waals surface area (Å²) in [5.74, 6) is -0.412. The van der Waals surface area contributed by atoms with Crippen LogP contribution in [0.1, 0.15) is 16.7 Å². The molecule has 3 rings (SSSR count). The van der Waals surface area contributed by atoms with Crippen LogP contribution < -0.4 is 10.1 Å². The first-order valence-electron chi connectivity index (χ1n) is 9.02. The van der Waals surface area contributed by atoms with Crippen molar-refractivity contribution in [3.63, 3.8) is 0 Å².